The molecule has 0 bridgehead atoms. The topological polar surface area (TPSA) is 38.7 Å². The summed E-state index contributed by atoms with van der Waals surface area (Å²) in [5.74, 6) is -1.04. The molecule has 0 saturated heterocycles. The van der Waals surface area contributed by atoms with Gasteiger partial charge in [-0.3, -0.25) is 0 Å². The van der Waals surface area contributed by atoms with Crippen LogP contribution < -0.4 is 0 Å². The van der Waals surface area contributed by atoms with Crippen molar-refractivity contribution in [1.82, 2.24) is 0 Å². The van der Waals surface area contributed by atoms with Gasteiger partial charge >= 0.3 is 24.0 Å². The van der Waals surface area contributed by atoms with E-state index < -0.39 is 29.6 Å². The Hall–Kier alpha value is -2.62. The van der Waals surface area contributed by atoms with Crippen molar-refractivity contribution in [3.63, 3.8) is 0 Å². The first-order valence-electron chi connectivity index (χ1n) is 7.80. The van der Waals surface area contributed by atoms with Gasteiger partial charge in [-0.05, 0) is 30.7 Å². The van der Waals surface area contributed by atoms with Crippen molar-refractivity contribution < 1.29 is 40.3 Å². The van der Waals surface area contributed by atoms with E-state index in [1.807, 2.05) is 0 Å². The number of aliphatic imine (C=N–C) groups is 1. The largest absolute Gasteiger partial charge is 0.435 e. The number of hydrogen-bond donors (Lipinski definition) is 0. The van der Waals surface area contributed by atoms with E-state index in [4.69, 9.17) is 16.3 Å². The van der Waals surface area contributed by atoms with E-state index in [-0.39, 0.29) is 33.3 Å². The number of cyclic esters (lactones) is 1. The molecule has 0 spiro atoms. The van der Waals surface area contributed by atoms with E-state index in [1.165, 1.54) is 18.2 Å². The number of carbonyl (C=O) groups excluding carboxylic acids is 1. The van der Waals surface area contributed by atoms with Gasteiger partial charge in [-0.15, -0.1) is 0 Å². The highest BCUT2D eigenvalue weighted by Gasteiger charge is 2.73. The number of aryl methyl sites for hydroxylation is 1. The zero-order valence-corrected chi connectivity index (χ0v) is 15.0. The van der Waals surface area contributed by atoms with Gasteiger partial charge in [0.25, 0.3) is 0 Å². The van der Waals surface area contributed by atoms with Crippen LogP contribution in [0.1, 0.15) is 27.0 Å². The molecule has 0 aliphatic carbocycles. The fourth-order valence-corrected chi connectivity index (χ4v) is 3.03. The number of hydrogen-bond acceptors (Lipinski definition) is 3. The standard InChI is InChI=1S/C18H9ClF7NO2/c1-8-7-9(16(20,17(21,22)23)18(24,25)26)5-6-12(8)27-14-10-3-2-4-11(19)13(10)15(28)29-14/h2-7H,1H3. The molecule has 0 amide bonds. The van der Waals surface area contributed by atoms with Crippen molar-refractivity contribution in [3.05, 3.63) is 63.7 Å². The molecule has 0 unspecified atom stereocenters. The molecule has 2 aromatic carbocycles. The van der Waals surface area contributed by atoms with Crippen molar-refractivity contribution in [2.45, 2.75) is 24.9 Å². The predicted octanol–water partition coefficient (Wildman–Crippen LogP) is 6.19. The Morgan fingerprint density at radius 2 is 1.59 bits per heavy atom. The second-order valence-corrected chi connectivity index (χ2v) is 6.53. The fraction of sp³-hybridized carbons (Fsp3) is 0.222. The van der Waals surface area contributed by atoms with E-state index in [1.54, 1.807) is 0 Å². The molecule has 0 atom stereocenters. The molecule has 3 rings (SSSR count). The number of rotatable bonds is 2. The monoisotopic (exact) mass is 439 g/mol. The van der Waals surface area contributed by atoms with Crippen LogP contribution in [-0.2, 0) is 10.4 Å². The molecule has 29 heavy (non-hydrogen) atoms. The third kappa shape index (κ3) is 3.35. The Balaban J connectivity index is 2.08. The van der Waals surface area contributed by atoms with Gasteiger partial charge in [-0.25, -0.2) is 14.2 Å². The van der Waals surface area contributed by atoms with Crippen LogP contribution in [0.25, 0.3) is 0 Å². The Kier molecular flexibility index (Phi) is 4.89. The minimum absolute atomic E-state index is 0.0270. The van der Waals surface area contributed by atoms with E-state index >= 15 is 0 Å². The average Bonchev–Trinajstić information content (AvgIpc) is 2.91. The smallest absolute Gasteiger partial charge is 0.403 e. The van der Waals surface area contributed by atoms with Crippen LogP contribution in [0.5, 0.6) is 0 Å². The minimum Gasteiger partial charge on any atom is -0.403 e. The summed E-state index contributed by atoms with van der Waals surface area (Å²) in [5, 5.41) is 0.0855. The van der Waals surface area contributed by atoms with E-state index in [2.05, 4.69) is 4.99 Å². The number of fused-ring (bicyclic) bond motifs is 1. The van der Waals surface area contributed by atoms with Crippen molar-refractivity contribution >= 4 is 29.2 Å². The summed E-state index contributed by atoms with van der Waals surface area (Å²) in [6, 6.07) is 5.89. The Labute approximate surface area is 163 Å². The van der Waals surface area contributed by atoms with Crippen LogP contribution in [0.2, 0.25) is 5.02 Å². The lowest BCUT2D eigenvalue weighted by Crippen LogP contribution is -2.50. The third-order valence-electron chi connectivity index (χ3n) is 4.24. The highest BCUT2D eigenvalue weighted by molar-refractivity contribution is 6.36. The fourth-order valence-electron chi connectivity index (χ4n) is 2.78. The number of ether oxygens (including phenoxy) is 1. The molecule has 1 aliphatic rings. The molecule has 3 nitrogen and oxygen atoms in total. The zero-order valence-electron chi connectivity index (χ0n) is 14.3. The van der Waals surface area contributed by atoms with E-state index in [9.17, 15) is 35.5 Å². The highest BCUT2D eigenvalue weighted by Crippen LogP contribution is 2.53. The van der Waals surface area contributed by atoms with Crippen LogP contribution in [-0.4, -0.2) is 24.2 Å². The number of esters is 1. The summed E-state index contributed by atoms with van der Waals surface area (Å²) >= 11 is 5.91. The van der Waals surface area contributed by atoms with Gasteiger partial charge in [0, 0.05) is 5.56 Å². The maximum atomic E-state index is 14.2. The number of benzene rings is 2. The van der Waals surface area contributed by atoms with Gasteiger partial charge in [-0.1, -0.05) is 29.8 Å². The van der Waals surface area contributed by atoms with Crippen LogP contribution in [0.3, 0.4) is 0 Å². The second-order valence-electron chi connectivity index (χ2n) is 6.12. The number of carbonyl (C=O) groups is 1. The lowest BCUT2D eigenvalue weighted by Gasteiger charge is -2.30. The van der Waals surface area contributed by atoms with Crippen LogP contribution in [0.15, 0.2) is 41.4 Å². The lowest BCUT2D eigenvalue weighted by molar-refractivity contribution is -0.348. The normalized spacial score (nSPS) is 16.2. The van der Waals surface area contributed by atoms with Crippen LogP contribution in [0, 0.1) is 6.92 Å². The van der Waals surface area contributed by atoms with Gasteiger partial charge in [0.05, 0.1) is 21.8 Å². The van der Waals surface area contributed by atoms with Crippen LogP contribution >= 0.6 is 11.6 Å². The number of alkyl halides is 7. The number of halogens is 8. The molecule has 11 heteroatoms. The van der Waals surface area contributed by atoms with Crippen molar-refractivity contribution in [2.75, 3.05) is 0 Å². The zero-order chi connectivity index (χ0) is 21.8. The summed E-state index contributed by atoms with van der Waals surface area (Å²) in [5.41, 5.74) is -7.26. The highest BCUT2D eigenvalue weighted by atomic mass is 35.5. The van der Waals surface area contributed by atoms with Gasteiger partial charge in [0.2, 0.25) is 5.90 Å². The Bertz CT molecular complexity index is 1010. The molecular weight excluding hydrogens is 431 g/mol. The van der Waals surface area contributed by atoms with Gasteiger partial charge in [0.1, 0.15) is 0 Å². The van der Waals surface area contributed by atoms with Crippen molar-refractivity contribution in [1.29, 1.82) is 0 Å². The maximum Gasteiger partial charge on any atom is 0.435 e. The van der Waals surface area contributed by atoms with E-state index in [0.717, 1.165) is 13.0 Å². The number of nitrogens with zero attached hydrogens (tertiary/aromatic N) is 1. The molecule has 0 saturated carbocycles. The first-order valence-corrected chi connectivity index (χ1v) is 8.18. The molecule has 154 valence electrons. The molecule has 0 aromatic heterocycles. The summed E-state index contributed by atoms with van der Waals surface area (Å²) in [6.45, 7) is 1.14. The third-order valence-corrected chi connectivity index (χ3v) is 4.55. The van der Waals surface area contributed by atoms with Crippen LogP contribution in [0.4, 0.5) is 36.4 Å². The summed E-state index contributed by atoms with van der Waals surface area (Å²) in [6.07, 6.45) is -12.4. The average molecular weight is 440 g/mol. The second kappa shape index (κ2) is 6.72. The van der Waals surface area contributed by atoms with Crippen molar-refractivity contribution in [2.24, 2.45) is 4.99 Å². The first kappa shape index (κ1) is 21.1. The van der Waals surface area contributed by atoms with Crippen molar-refractivity contribution in [3.8, 4) is 0 Å². The van der Waals surface area contributed by atoms with Gasteiger partial charge in [0.15, 0.2) is 0 Å². The quantitative estimate of drug-likeness (QED) is 0.413. The SMILES string of the molecule is Cc1cc(C(F)(C(F)(F)F)C(F)(F)F)ccc1N=C1OC(=O)c2c(Cl)cccc21. The Morgan fingerprint density at radius 3 is 2.14 bits per heavy atom. The molecular formula is C18H9ClF7NO2. The van der Waals surface area contributed by atoms with E-state index in [0.29, 0.717) is 12.1 Å². The van der Waals surface area contributed by atoms with Gasteiger partial charge < -0.3 is 4.74 Å². The van der Waals surface area contributed by atoms with Gasteiger partial charge in [-0.2, -0.15) is 26.3 Å². The molecule has 0 N–H and O–H groups in total. The summed E-state index contributed by atoms with van der Waals surface area (Å²) in [4.78, 5) is 15.9. The molecule has 1 heterocycles. The molecule has 1 aliphatic heterocycles. The molecule has 0 fully saturated rings. The Morgan fingerprint density at radius 1 is 0.966 bits per heavy atom. The predicted molar refractivity (Wildman–Crippen MR) is 89.1 cm³/mol. The molecule has 2 aromatic rings. The summed E-state index contributed by atoms with van der Waals surface area (Å²) in [7, 11) is 0. The minimum atomic E-state index is -6.22. The molecule has 0 radical (unpaired) electrons. The maximum absolute atomic E-state index is 14.2. The lowest BCUT2D eigenvalue weighted by atomic mass is 9.92. The first-order chi connectivity index (χ1) is 13.3. The summed E-state index contributed by atoms with van der Waals surface area (Å²) < 4.78 is 96.5.